The number of ether oxygens (including phenoxy) is 1. The van der Waals surface area contributed by atoms with Gasteiger partial charge in [-0.05, 0) is 61.5 Å². The fourth-order valence-electron chi connectivity index (χ4n) is 3.14. The van der Waals surface area contributed by atoms with E-state index in [1.165, 1.54) is 11.1 Å². The molecule has 2 aromatic rings. The Hall–Kier alpha value is -2.11. The van der Waals surface area contributed by atoms with Crippen molar-refractivity contribution in [3.8, 4) is 5.75 Å². The van der Waals surface area contributed by atoms with Crippen LogP contribution < -0.4 is 10.1 Å². The molecule has 1 aliphatic rings. The van der Waals surface area contributed by atoms with Gasteiger partial charge in [-0.15, -0.1) is 0 Å². The molecule has 138 valence electrons. The molecular formula is C21H27N3OS. The Labute approximate surface area is 161 Å². The molecule has 0 unspecified atom stereocenters. The number of piperazine rings is 1. The van der Waals surface area contributed by atoms with Gasteiger partial charge in [0, 0.05) is 38.4 Å². The Morgan fingerprint density at radius 3 is 2.38 bits per heavy atom. The summed E-state index contributed by atoms with van der Waals surface area (Å²) >= 11 is 5.59. The van der Waals surface area contributed by atoms with Gasteiger partial charge in [0.15, 0.2) is 5.11 Å². The van der Waals surface area contributed by atoms with Crippen molar-refractivity contribution in [1.82, 2.24) is 9.80 Å². The van der Waals surface area contributed by atoms with Crippen LogP contribution in [0.25, 0.3) is 0 Å². The number of thiocarbonyl (C=S) groups is 1. The number of anilines is 1. The van der Waals surface area contributed by atoms with E-state index in [9.17, 15) is 0 Å². The van der Waals surface area contributed by atoms with Gasteiger partial charge in [-0.25, -0.2) is 0 Å². The molecule has 1 heterocycles. The molecule has 5 heteroatoms. The first kappa shape index (κ1) is 18.7. The van der Waals surface area contributed by atoms with Crippen molar-refractivity contribution in [3.63, 3.8) is 0 Å². The van der Waals surface area contributed by atoms with Crippen LogP contribution in [0.3, 0.4) is 0 Å². The first-order chi connectivity index (χ1) is 12.7. The predicted octanol–water partition coefficient (Wildman–Crippen LogP) is 3.91. The summed E-state index contributed by atoms with van der Waals surface area (Å²) in [6.45, 7) is 9.82. The molecule has 1 fully saturated rings. The highest BCUT2D eigenvalue weighted by Gasteiger charge is 2.19. The van der Waals surface area contributed by atoms with E-state index in [1.54, 1.807) is 0 Å². The summed E-state index contributed by atoms with van der Waals surface area (Å²) in [4.78, 5) is 4.75. The normalized spacial score (nSPS) is 14.9. The Kier molecular flexibility index (Phi) is 6.47. The van der Waals surface area contributed by atoms with E-state index < -0.39 is 0 Å². The van der Waals surface area contributed by atoms with Gasteiger partial charge in [-0.1, -0.05) is 24.3 Å². The number of nitrogens with zero attached hydrogens (tertiary/aromatic N) is 2. The number of hydrogen-bond acceptors (Lipinski definition) is 3. The molecule has 0 aliphatic carbocycles. The van der Waals surface area contributed by atoms with Gasteiger partial charge in [0.25, 0.3) is 0 Å². The zero-order valence-corrected chi connectivity index (χ0v) is 16.4. The van der Waals surface area contributed by atoms with Crippen LogP contribution in [-0.2, 0) is 6.54 Å². The van der Waals surface area contributed by atoms with Gasteiger partial charge in [-0.2, -0.15) is 0 Å². The number of benzene rings is 2. The average molecular weight is 370 g/mol. The number of hydrogen-bond donors (Lipinski definition) is 1. The molecule has 0 radical (unpaired) electrons. The van der Waals surface area contributed by atoms with E-state index in [1.807, 2.05) is 31.2 Å². The summed E-state index contributed by atoms with van der Waals surface area (Å²) in [7, 11) is 0. The predicted molar refractivity (Wildman–Crippen MR) is 112 cm³/mol. The third-order valence-electron chi connectivity index (χ3n) is 4.73. The van der Waals surface area contributed by atoms with Crippen LogP contribution >= 0.6 is 12.2 Å². The maximum atomic E-state index is 5.59. The summed E-state index contributed by atoms with van der Waals surface area (Å²) in [6.07, 6.45) is 0. The topological polar surface area (TPSA) is 27.7 Å². The second-order valence-corrected chi connectivity index (χ2v) is 6.96. The van der Waals surface area contributed by atoms with Crippen molar-refractivity contribution in [2.75, 3.05) is 38.1 Å². The SMILES string of the molecule is CCOc1ccc(NC(=S)N2CCN(Cc3ccccc3C)CC2)cc1. The van der Waals surface area contributed by atoms with Crippen LogP contribution in [0.15, 0.2) is 48.5 Å². The van der Waals surface area contributed by atoms with Crippen molar-refractivity contribution in [2.45, 2.75) is 20.4 Å². The highest BCUT2D eigenvalue weighted by molar-refractivity contribution is 7.80. The number of rotatable bonds is 5. The van der Waals surface area contributed by atoms with E-state index in [-0.39, 0.29) is 0 Å². The maximum Gasteiger partial charge on any atom is 0.173 e. The monoisotopic (exact) mass is 369 g/mol. The number of nitrogens with one attached hydrogen (secondary N) is 1. The Bertz CT molecular complexity index is 724. The molecule has 0 bridgehead atoms. The van der Waals surface area contributed by atoms with Crippen LogP contribution in [0, 0.1) is 6.92 Å². The standard InChI is InChI=1S/C21H27N3OS/c1-3-25-20-10-8-19(9-11-20)22-21(26)24-14-12-23(13-15-24)16-18-7-5-4-6-17(18)2/h4-11H,3,12-16H2,1-2H3,(H,22,26). The average Bonchev–Trinajstić information content (AvgIpc) is 2.66. The first-order valence-corrected chi connectivity index (χ1v) is 9.62. The molecule has 1 N–H and O–H groups in total. The Balaban J connectivity index is 1.48. The van der Waals surface area contributed by atoms with E-state index in [0.29, 0.717) is 6.61 Å². The Morgan fingerprint density at radius 2 is 1.73 bits per heavy atom. The third kappa shape index (κ3) is 4.96. The molecule has 1 saturated heterocycles. The van der Waals surface area contributed by atoms with Crippen LogP contribution in [0.5, 0.6) is 5.75 Å². The van der Waals surface area contributed by atoms with Gasteiger partial charge in [0.2, 0.25) is 0 Å². The van der Waals surface area contributed by atoms with E-state index in [0.717, 1.165) is 49.3 Å². The van der Waals surface area contributed by atoms with Gasteiger partial charge >= 0.3 is 0 Å². The first-order valence-electron chi connectivity index (χ1n) is 9.21. The minimum atomic E-state index is 0.679. The minimum absolute atomic E-state index is 0.679. The zero-order chi connectivity index (χ0) is 18.4. The maximum absolute atomic E-state index is 5.59. The quantitative estimate of drug-likeness (QED) is 0.807. The lowest BCUT2D eigenvalue weighted by Gasteiger charge is -2.36. The molecule has 0 aromatic heterocycles. The largest absolute Gasteiger partial charge is 0.494 e. The van der Waals surface area contributed by atoms with Crippen LogP contribution in [0.2, 0.25) is 0 Å². The molecule has 3 rings (SSSR count). The van der Waals surface area contributed by atoms with E-state index in [4.69, 9.17) is 17.0 Å². The molecule has 0 amide bonds. The fraction of sp³-hybridized carbons (Fsp3) is 0.381. The van der Waals surface area contributed by atoms with E-state index >= 15 is 0 Å². The molecule has 0 atom stereocenters. The molecule has 0 spiro atoms. The molecule has 4 nitrogen and oxygen atoms in total. The third-order valence-corrected chi connectivity index (χ3v) is 5.09. The van der Waals surface area contributed by atoms with Gasteiger partial charge < -0.3 is 15.0 Å². The number of aryl methyl sites for hydroxylation is 1. The summed E-state index contributed by atoms with van der Waals surface area (Å²) in [6, 6.07) is 16.6. The Morgan fingerprint density at radius 1 is 1.04 bits per heavy atom. The molecule has 0 saturated carbocycles. The second-order valence-electron chi connectivity index (χ2n) is 6.58. The van der Waals surface area contributed by atoms with Crippen LogP contribution in [0.1, 0.15) is 18.1 Å². The molecule has 26 heavy (non-hydrogen) atoms. The second kappa shape index (κ2) is 9.01. The van der Waals surface area contributed by atoms with Crippen molar-refractivity contribution in [3.05, 3.63) is 59.7 Å². The van der Waals surface area contributed by atoms with Crippen molar-refractivity contribution in [1.29, 1.82) is 0 Å². The smallest absolute Gasteiger partial charge is 0.173 e. The lowest BCUT2D eigenvalue weighted by Crippen LogP contribution is -2.49. The van der Waals surface area contributed by atoms with Gasteiger partial charge in [0.1, 0.15) is 5.75 Å². The summed E-state index contributed by atoms with van der Waals surface area (Å²) in [5.41, 5.74) is 3.78. The summed E-state index contributed by atoms with van der Waals surface area (Å²) in [5.74, 6) is 0.883. The van der Waals surface area contributed by atoms with Gasteiger partial charge in [-0.3, -0.25) is 4.90 Å². The van der Waals surface area contributed by atoms with Crippen LogP contribution in [0.4, 0.5) is 5.69 Å². The molecule has 2 aromatic carbocycles. The molecule has 1 aliphatic heterocycles. The fourth-order valence-corrected chi connectivity index (χ4v) is 3.44. The summed E-state index contributed by atoms with van der Waals surface area (Å²) < 4.78 is 5.47. The lowest BCUT2D eigenvalue weighted by atomic mass is 10.1. The van der Waals surface area contributed by atoms with Crippen molar-refractivity contribution >= 4 is 23.0 Å². The molecular weight excluding hydrogens is 342 g/mol. The highest BCUT2D eigenvalue weighted by atomic mass is 32.1. The highest BCUT2D eigenvalue weighted by Crippen LogP contribution is 2.17. The minimum Gasteiger partial charge on any atom is -0.494 e. The van der Waals surface area contributed by atoms with E-state index in [2.05, 4.69) is 46.3 Å². The van der Waals surface area contributed by atoms with Crippen LogP contribution in [-0.4, -0.2) is 47.7 Å². The van der Waals surface area contributed by atoms with Crippen molar-refractivity contribution in [2.24, 2.45) is 0 Å². The lowest BCUT2D eigenvalue weighted by molar-refractivity contribution is 0.176. The zero-order valence-electron chi connectivity index (χ0n) is 15.6. The van der Waals surface area contributed by atoms with Gasteiger partial charge in [0.05, 0.1) is 6.61 Å². The summed E-state index contributed by atoms with van der Waals surface area (Å²) in [5, 5.41) is 4.13. The van der Waals surface area contributed by atoms with Crippen molar-refractivity contribution < 1.29 is 4.74 Å².